The number of carbonyl (C=O) groups is 4. The minimum Gasteiger partial charge on any atom is -0.693 e. The predicted molar refractivity (Wildman–Crippen MR) is 171 cm³/mol. The Kier molecular flexibility index (Phi) is 33.2. The fraction of sp³-hybridized carbons (Fsp3) is 0.852. The summed E-state index contributed by atoms with van der Waals surface area (Å²) in [7, 11) is 0. The average Bonchev–Trinajstić information content (AvgIpc) is 2.93. The van der Waals surface area contributed by atoms with Crippen molar-refractivity contribution in [2.75, 3.05) is 0 Å². The molecule has 0 spiro atoms. The molecule has 0 aliphatic carbocycles. The van der Waals surface area contributed by atoms with E-state index in [0.29, 0.717) is 0 Å². The number of nitrogens with one attached hydrogen (secondary N) is 3. The van der Waals surface area contributed by atoms with Crippen LogP contribution < -0.4 is 103 Å². The zero-order valence-corrected chi connectivity index (χ0v) is 36.1. The van der Waals surface area contributed by atoms with Crippen molar-refractivity contribution in [3.63, 3.8) is 0 Å². The second-order valence-electron chi connectivity index (χ2n) is 13.5. The molecule has 0 radical (unpaired) electrons. The Balaban J connectivity index is -0.0000000862. The Bertz CT molecular complexity index is 790. The summed E-state index contributed by atoms with van der Waals surface area (Å²) in [6.45, 7) is 28.8. The molecular weight excluding hydrogens is 635 g/mol. The van der Waals surface area contributed by atoms with E-state index in [2.05, 4.69) is 94.5 Å². The molecule has 1 aliphatic heterocycles. The normalized spacial score (nSPS) is 18.9. The number of thiol groups is 2. The van der Waals surface area contributed by atoms with Crippen LogP contribution >= 0.6 is 25.3 Å². The van der Waals surface area contributed by atoms with E-state index < -0.39 is 28.3 Å². The molecule has 11 nitrogen and oxygen atoms in total. The van der Waals surface area contributed by atoms with Crippen LogP contribution in [-0.4, -0.2) is 40.5 Å². The Morgan fingerprint density at radius 1 is 0.833 bits per heavy atom. The van der Waals surface area contributed by atoms with Gasteiger partial charge in [0.15, 0.2) is 11.7 Å². The molecule has 0 aromatic carbocycles. The molecule has 0 bridgehead atoms. The SMILES string of the molecule is C.CC(C)(C)C1OC(=O)O[C@]1(C)C(C)(C)C.C[C@H](C(OC([NH-])=O)C(C)(C)C)C(C)(C)C.[K+].[K+].[NH-]C(=O)S.[NH-]C(=O)S.[NH2-]. The van der Waals surface area contributed by atoms with Gasteiger partial charge in [-0.15, -0.1) is 25.3 Å². The van der Waals surface area contributed by atoms with Crippen LogP contribution in [0.15, 0.2) is 0 Å². The summed E-state index contributed by atoms with van der Waals surface area (Å²) >= 11 is 5.99. The molecule has 3 amide bonds. The van der Waals surface area contributed by atoms with E-state index >= 15 is 0 Å². The molecule has 1 heterocycles. The van der Waals surface area contributed by atoms with Crippen LogP contribution in [0.2, 0.25) is 0 Å². The molecular formula is C27H56K2N4O7S2-2. The summed E-state index contributed by atoms with van der Waals surface area (Å²) in [6, 6.07) is 0. The number of hydrogen-bond acceptors (Lipinski definition) is 7. The first-order chi connectivity index (χ1) is 16.4. The zero-order valence-electron chi connectivity index (χ0n) is 28.1. The number of amides is 3. The second-order valence-corrected chi connectivity index (χ2v) is 14.3. The van der Waals surface area contributed by atoms with E-state index in [9.17, 15) is 9.59 Å². The van der Waals surface area contributed by atoms with E-state index in [1.807, 2.05) is 27.7 Å². The molecule has 15 heteroatoms. The molecule has 0 saturated carbocycles. The van der Waals surface area contributed by atoms with Crippen molar-refractivity contribution in [3.8, 4) is 0 Å². The van der Waals surface area contributed by atoms with Gasteiger partial charge in [0.25, 0.3) is 0 Å². The van der Waals surface area contributed by atoms with Gasteiger partial charge in [0, 0.05) is 10.8 Å². The average molecular weight is 691 g/mol. The standard InChI is InChI=1S/C12H25NO2.C12H22O3.2CH3NOS.CH4.2K.H2N/c1-8(11(2,3)4)9(12(5,6)7)15-10(13)14;1-10(2,3)8-12(7,11(4,5)6)15-9(13)14-8;2*2-1(3)4;;;;/h8-9H,1-7H3,(H2,13,14);8H,1-7H3;2*(H3,2,3,4);1H4;;;1H2/q;;;;;2*+1;-1/p-3/t8-,9?;8?,12-;;;;;;/m10....../s1. The Labute approximate surface area is 352 Å². The monoisotopic (exact) mass is 690 g/mol. The molecule has 42 heavy (non-hydrogen) atoms. The summed E-state index contributed by atoms with van der Waals surface area (Å²) < 4.78 is 15.8. The summed E-state index contributed by atoms with van der Waals surface area (Å²) in [6.07, 6.45) is -1.92. The molecule has 0 aromatic heterocycles. The predicted octanol–water partition coefficient (Wildman–Crippen LogP) is 5.18. The van der Waals surface area contributed by atoms with Gasteiger partial charge in [-0.1, -0.05) is 97.4 Å². The van der Waals surface area contributed by atoms with Gasteiger partial charge in [-0.2, -0.15) is 0 Å². The second kappa shape index (κ2) is 23.7. The number of cyclic esters (lactones) is 2. The quantitative estimate of drug-likeness (QED) is 0.226. The van der Waals surface area contributed by atoms with Crippen molar-refractivity contribution in [2.24, 2.45) is 27.6 Å². The molecule has 0 aromatic rings. The number of ether oxygens (including phenoxy) is 3. The minimum absolute atomic E-state index is 0. The summed E-state index contributed by atoms with van der Waals surface area (Å²) in [4.78, 5) is 40.0. The minimum atomic E-state index is -0.939. The smallest absolute Gasteiger partial charge is 0.693 e. The molecule has 2 unspecified atom stereocenters. The number of carbonyl (C=O) groups excluding carboxylic acids is 4. The molecule has 1 fully saturated rings. The van der Waals surface area contributed by atoms with Gasteiger partial charge in [0.2, 0.25) is 6.09 Å². The molecule has 1 aliphatic rings. The topological polar surface area (TPSA) is 201 Å². The third kappa shape index (κ3) is 25.6. The molecule has 4 atom stereocenters. The van der Waals surface area contributed by atoms with Crippen molar-refractivity contribution < 1.29 is 136 Å². The Morgan fingerprint density at radius 2 is 1.14 bits per heavy atom. The number of hydrogen-bond donors (Lipinski definition) is 2. The van der Waals surface area contributed by atoms with E-state index in [-0.39, 0.29) is 156 Å². The Morgan fingerprint density at radius 3 is 1.31 bits per heavy atom. The van der Waals surface area contributed by atoms with Crippen LogP contribution in [0.5, 0.6) is 0 Å². The van der Waals surface area contributed by atoms with Crippen LogP contribution in [0.4, 0.5) is 19.2 Å². The number of rotatable bonds is 2. The zero-order chi connectivity index (χ0) is 31.7. The van der Waals surface area contributed by atoms with Crippen molar-refractivity contribution >= 4 is 48.0 Å². The van der Waals surface area contributed by atoms with Gasteiger partial charge in [0.1, 0.15) is 16.6 Å². The molecule has 5 N–H and O–H groups in total. The fourth-order valence-electron chi connectivity index (χ4n) is 3.61. The fourth-order valence-corrected chi connectivity index (χ4v) is 3.61. The van der Waals surface area contributed by atoms with E-state index in [1.54, 1.807) is 0 Å². The maximum Gasteiger partial charge on any atom is 1.00 e. The third-order valence-electron chi connectivity index (χ3n) is 6.19. The molecule has 1 saturated heterocycles. The van der Waals surface area contributed by atoms with Crippen molar-refractivity contribution in [3.05, 3.63) is 23.4 Å². The van der Waals surface area contributed by atoms with Crippen molar-refractivity contribution in [2.45, 2.75) is 122 Å². The summed E-state index contributed by atoms with van der Waals surface area (Å²) in [5, 5.41) is -1.78. The maximum atomic E-state index is 11.3. The molecule has 1 rings (SSSR count). The van der Waals surface area contributed by atoms with Gasteiger partial charge in [-0.3, -0.25) is 4.79 Å². The van der Waals surface area contributed by atoms with Gasteiger partial charge < -0.3 is 47.2 Å². The number of nitrogens with two attached hydrogens (primary N) is 1. The van der Waals surface area contributed by atoms with Crippen LogP contribution in [-0.2, 0) is 14.2 Å². The third-order valence-corrected chi connectivity index (χ3v) is 6.19. The first-order valence-corrected chi connectivity index (χ1v) is 13.0. The summed E-state index contributed by atoms with van der Waals surface area (Å²) in [5.74, 6) is 0.215. The summed E-state index contributed by atoms with van der Waals surface area (Å²) in [5.41, 5.74) is 17.6. The van der Waals surface area contributed by atoms with Crippen molar-refractivity contribution in [1.29, 1.82) is 0 Å². The van der Waals surface area contributed by atoms with E-state index in [0.717, 1.165) is 0 Å². The van der Waals surface area contributed by atoms with Crippen molar-refractivity contribution in [1.82, 2.24) is 0 Å². The van der Waals surface area contributed by atoms with E-state index in [4.69, 9.17) is 41.0 Å². The first kappa shape index (κ1) is 58.9. The first-order valence-electron chi connectivity index (χ1n) is 12.1. The van der Waals surface area contributed by atoms with E-state index in [1.165, 1.54) is 0 Å². The van der Waals surface area contributed by atoms with Gasteiger partial charge in [-0.25, -0.2) is 4.79 Å². The van der Waals surface area contributed by atoms with Crippen LogP contribution in [0.25, 0.3) is 23.4 Å². The van der Waals surface area contributed by atoms with Crippen LogP contribution in [0.1, 0.15) is 104 Å². The maximum absolute atomic E-state index is 11.3. The Hall–Kier alpha value is 1.41. The van der Waals surface area contributed by atoms with Gasteiger partial charge in [0.05, 0.1) is 0 Å². The largest absolute Gasteiger partial charge is 1.00 e. The molecule has 242 valence electrons. The van der Waals surface area contributed by atoms with Crippen LogP contribution in [0, 0.1) is 27.6 Å². The van der Waals surface area contributed by atoms with Crippen LogP contribution in [0.3, 0.4) is 0 Å². The van der Waals surface area contributed by atoms with Gasteiger partial charge in [-0.05, 0) is 23.7 Å². The van der Waals surface area contributed by atoms with Gasteiger partial charge >= 0.3 is 109 Å².